The van der Waals surface area contributed by atoms with Crippen molar-refractivity contribution in [1.82, 2.24) is 5.32 Å². The van der Waals surface area contributed by atoms with Crippen LogP contribution in [0.5, 0.6) is 0 Å². The van der Waals surface area contributed by atoms with Crippen LogP contribution in [0, 0.1) is 11.8 Å². The van der Waals surface area contributed by atoms with Gasteiger partial charge in [0.2, 0.25) is 5.91 Å². The Labute approximate surface area is 66.8 Å². The largest absolute Gasteiger partial charge is 0.392 e. The van der Waals surface area contributed by atoms with E-state index in [1.54, 1.807) is 6.92 Å². The smallest absolute Gasteiger partial charge is 0.223 e. The molecule has 64 valence electrons. The van der Waals surface area contributed by atoms with Crippen LogP contribution in [0.4, 0.5) is 0 Å². The molecule has 1 unspecified atom stereocenters. The number of carbonyl (C=O) groups excluding carboxylic acids is 1. The van der Waals surface area contributed by atoms with Gasteiger partial charge in [-0.25, -0.2) is 0 Å². The summed E-state index contributed by atoms with van der Waals surface area (Å²) >= 11 is 0. The quantitative estimate of drug-likeness (QED) is 0.612. The summed E-state index contributed by atoms with van der Waals surface area (Å²) in [7, 11) is 0. The van der Waals surface area contributed by atoms with Crippen LogP contribution in [0.1, 0.15) is 20.3 Å². The highest BCUT2D eigenvalue weighted by Gasteiger charge is 2.38. The van der Waals surface area contributed by atoms with Crippen molar-refractivity contribution in [2.75, 3.05) is 6.54 Å². The van der Waals surface area contributed by atoms with Crippen LogP contribution in [0.25, 0.3) is 0 Å². The highest BCUT2D eigenvalue weighted by molar-refractivity contribution is 5.81. The molecule has 0 radical (unpaired) electrons. The number of hydrogen-bond donors (Lipinski definition) is 2. The summed E-state index contributed by atoms with van der Waals surface area (Å²) < 4.78 is 0. The normalized spacial score (nSPS) is 31.2. The molecular formula is C8H15NO2. The van der Waals surface area contributed by atoms with E-state index in [-0.39, 0.29) is 11.8 Å². The summed E-state index contributed by atoms with van der Waals surface area (Å²) in [6.45, 7) is 4.10. The lowest BCUT2D eigenvalue weighted by molar-refractivity contribution is -0.123. The Morgan fingerprint density at radius 3 is 2.73 bits per heavy atom. The topological polar surface area (TPSA) is 49.3 Å². The lowest BCUT2D eigenvalue weighted by atomic mass is 10.3. The molecule has 1 rings (SSSR count). The van der Waals surface area contributed by atoms with Gasteiger partial charge in [0.15, 0.2) is 0 Å². The number of hydrogen-bond acceptors (Lipinski definition) is 2. The van der Waals surface area contributed by atoms with Gasteiger partial charge in [-0.3, -0.25) is 4.79 Å². The van der Waals surface area contributed by atoms with Crippen LogP contribution >= 0.6 is 0 Å². The molecule has 3 nitrogen and oxygen atoms in total. The van der Waals surface area contributed by atoms with Gasteiger partial charge < -0.3 is 10.4 Å². The molecule has 0 bridgehead atoms. The Morgan fingerprint density at radius 2 is 2.36 bits per heavy atom. The molecule has 1 aliphatic rings. The Morgan fingerprint density at radius 1 is 1.82 bits per heavy atom. The molecule has 1 aliphatic carbocycles. The molecule has 0 heterocycles. The van der Waals surface area contributed by atoms with Crippen molar-refractivity contribution < 1.29 is 9.90 Å². The first-order chi connectivity index (χ1) is 5.11. The van der Waals surface area contributed by atoms with Gasteiger partial charge in [0.05, 0.1) is 6.10 Å². The maximum absolute atomic E-state index is 11.1. The molecule has 2 N–H and O–H groups in total. The summed E-state index contributed by atoms with van der Waals surface area (Å²) in [5.41, 5.74) is 0. The number of amides is 1. The van der Waals surface area contributed by atoms with Crippen molar-refractivity contribution in [3.8, 4) is 0 Å². The first-order valence-corrected chi connectivity index (χ1v) is 4.07. The second-order valence-electron chi connectivity index (χ2n) is 3.41. The fourth-order valence-corrected chi connectivity index (χ4v) is 1.07. The van der Waals surface area contributed by atoms with Crippen LogP contribution in [0.2, 0.25) is 0 Å². The SMILES string of the molecule is CC(O)CNC(=O)[C@H]1C[C@@H]1C. The molecule has 0 aromatic rings. The fourth-order valence-electron chi connectivity index (χ4n) is 1.07. The second-order valence-corrected chi connectivity index (χ2v) is 3.41. The van der Waals surface area contributed by atoms with Gasteiger partial charge in [-0.05, 0) is 19.3 Å². The first kappa shape index (κ1) is 8.53. The molecule has 0 aliphatic heterocycles. The van der Waals surface area contributed by atoms with Gasteiger partial charge in [0.25, 0.3) is 0 Å². The minimum atomic E-state index is -0.437. The van der Waals surface area contributed by atoms with Gasteiger partial charge in [-0.15, -0.1) is 0 Å². The Hall–Kier alpha value is -0.570. The van der Waals surface area contributed by atoms with E-state index >= 15 is 0 Å². The predicted octanol–water partition coefficient (Wildman–Crippen LogP) is 0.139. The van der Waals surface area contributed by atoms with Crippen molar-refractivity contribution in [2.24, 2.45) is 11.8 Å². The Kier molecular flexibility index (Phi) is 2.49. The third kappa shape index (κ3) is 2.50. The third-order valence-corrected chi connectivity index (χ3v) is 2.02. The van der Waals surface area contributed by atoms with Crippen molar-refractivity contribution in [3.63, 3.8) is 0 Å². The Bertz CT molecular complexity index is 156. The summed E-state index contributed by atoms with van der Waals surface area (Å²) in [6.07, 6.45) is 0.569. The van der Waals surface area contributed by atoms with Crippen molar-refractivity contribution in [1.29, 1.82) is 0 Å². The maximum atomic E-state index is 11.1. The highest BCUT2D eigenvalue weighted by Crippen LogP contribution is 2.37. The predicted molar refractivity (Wildman–Crippen MR) is 42.0 cm³/mol. The monoisotopic (exact) mass is 157 g/mol. The molecule has 3 heteroatoms. The molecule has 1 saturated carbocycles. The molecule has 1 fully saturated rings. The second kappa shape index (κ2) is 3.22. The number of rotatable bonds is 3. The molecule has 0 spiro atoms. The van der Waals surface area contributed by atoms with E-state index in [0.717, 1.165) is 6.42 Å². The van der Waals surface area contributed by atoms with E-state index < -0.39 is 6.10 Å². The van der Waals surface area contributed by atoms with E-state index in [1.807, 2.05) is 0 Å². The van der Waals surface area contributed by atoms with E-state index in [1.165, 1.54) is 0 Å². The van der Waals surface area contributed by atoms with Crippen LogP contribution in [0.15, 0.2) is 0 Å². The third-order valence-electron chi connectivity index (χ3n) is 2.02. The molecule has 3 atom stereocenters. The molecule has 0 aromatic heterocycles. The summed E-state index contributed by atoms with van der Waals surface area (Å²) in [5, 5.41) is 11.5. The zero-order chi connectivity index (χ0) is 8.43. The number of aliphatic hydroxyl groups is 1. The lowest BCUT2D eigenvalue weighted by Crippen LogP contribution is -2.31. The van der Waals surface area contributed by atoms with Gasteiger partial charge >= 0.3 is 0 Å². The Balaban J connectivity index is 2.12. The van der Waals surface area contributed by atoms with Crippen molar-refractivity contribution in [2.45, 2.75) is 26.4 Å². The number of carbonyl (C=O) groups is 1. The van der Waals surface area contributed by atoms with E-state index in [0.29, 0.717) is 12.5 Å². The average Bonchev–Trinajstić information content (AvgIpc) is 2.61. The van der Waals surface area contributed by atoms with Crippen LogP contribution in [0.3, 0.4) is 0 Å². The zero-order valence-electron chi connectivity index (χ0n) is 7.00. The van der Waals surface area contributed by atoms with Gasteiger partial charge in [0, 0.05) is 12.5 Å². The summed E-state index contributed by atoms with van der Waals surface area (Å²) in [6, 6.07) is 0. The van der Waals surface area contributed by atoms with Gasteiger partial charge in [0.1, 0.15) is 0 Å². The summed E-state index contributed by atoms with van der Waals surface area (Å²) in [4.78, 5) is 11.1. The highest BCUT2D eigenvalue weighted by atomic mass is 16.3. The molecule has 11 heavy (non-hydrogen) atoms. The number of nitrogens with one attached hydrogen (secondary N) is 1. The van der Waals surface area contributed by atoms with Gasteiger partial charge in [-0.2, -0.15) is 0 Å². The maximum Gasteiger partial charge on any atom is 0.223 e. The van der Waals surface area contributed by atoms with Gasteiger partial charge in [-0.1, -0.05) is 6.92 Å². The first-order valence-electron chi connectivity index (χ1n) is 4.07. The average molecular weight is 157 g/mol. The van der Waals surface area contributed by atoms with Crippen molar-refractivity contribution in [3.05, 3.63) is 0 Å². The molecule has 0 saturated heterocycles. The lowest BCUT2D eigenvalue weighted by Gasteiger charge is -2.05. The summed E-state index contributed by atoms with van der Waals surface area (Å²) in [5.74, 6) is 0.858. The minimum Gasteiger partial charge on any atom is -0.392 e. The van der Waals surface area contributed by atoms with Crippen LogP contribution in [-0.2, 0) is 4.79 Å². The standard InChI is InChI=1S/C8H15NO2/c1-5-3-7(5)8(11)9-4-6(2)10/h5-7,10H,3-4H2,1-2H3,(H,9,11)/t5-,6?,7-/m0/s1. The number of aliphatic hydroxyl groups excluding tert-OH is 1. The molecule has 0 aromatic carbocycles. The van der Waals surface area contributed by atoms with Crippen LogP contribution < -0.4 is 5.32 Å². The van der Waals surface area contributed by atoms with Crippen LogP contribution in [-0.4, -0.2) is 23.7 Å². The van der Waals surface area contributed by atoms with Crippen molar-refractivity contribution >= 4 is 5.91 Å². The fraction of sp³-hybridized carbons (Fsp3) is 0.875. The molecular weight excluding hydrogens is 142 g/mol. The minimum absolute atomic E-state index is 0.0957. The van der Waals surface area contributed by atoms with E-state index in [4.69, 9.17) is 5.11 Å². The van der Waals surface area contributed by atoms with E-state index in [2.05, 4.69) is 12.2 Å². The van der Waals surface area contributed by atoms with E-state index in [9.17, 15) is 4.79 Å². The zero-order valence-corrected chi connectivity index (χ0v) is 7.00. The molecule has 1 amide bonds.